The van der Waals surface area contributed by atoms with Gasteiger partial charge in [0.15, 0.2) is 0 Å². The summed E-state index contributed by atoms with van der Waals surface area (Å²) in [5.41, 5.74) is 0.635. The molecule has 1 N–H and O–H groups in total. The predicted octanol–water partition coefficient (Wildman–Crippen LogP) is 3.69. The number of nitrogens with zero attached hydrogens (tertiary/aromatic N) is 1. The van der Waals surface area contributed by atoms with E-state index < -0.39 is 0 Å². The molecule has 0 spiro atoms. The summed E-state index contributed by atoms with van der Waals surface area (Å²) in [6.07, 6.45) is 1.68. The van der Waals surface area contributed by atoms with Gasteiger partial charge in [-0.1, -0.05) is 13.3 Å². The van der Waals surface area contributed by atoms with Crippen molar-refractivity contribution in [3.8, 4) is 6.07 Å². The third kappa shape index (κ3) is 3.52. The molecule has 0 saturated carbocycles. The summed E-state index contributed by atoms with van der Waals surface area (Å²) in [7, 11) is 0. The van der Waals surface area contributed by atoms with Crippen LogP contribution in [-0.4, -0.2) is 6.04 Å². The maximum Gasteiger partial charge on any atom is 0.139 e. The third-order valence-electron chi connectivity index (χ3n) is 1.99. The van der Waals surface area contributed by atoms with E-state index >= 15 is 0 Å². The second-order valence-corrected chi connectivity index (χ2v) is 4.10. The average Bonchev–Trinajstić information content (AvgIpc) is 2.23. The summed E-state index contributed by atoms with van der Waals surface area (Å²) in [4.78, 5) is 0. The molecule has 15 heavy (non-hydrogen) atoms. The zero-order chi connectivity index (χ0) is 11.3. The van der Waals surface area contributed by atoms with Gasteiger partial charge in [-0.05, 0) is 40.5 Å². The van der Waals surface area contributed by atoms with E-state index in [1.165, 1.54) is 6.07 Å². The number of hydrogen-bond donors (Lipinski definition) is 1. The highest BCUT2D eigenvalue weighted by molar-refractivity contribution is 9.10. The van der Waals surface area contributed by atoms with Crippen molar-refractivity contribution in [2.24, 2.45) is 0 Å². The monoisotopic (exact) mass is 270 g/mol. The van der Waals surface area contributed by atoms with Gasteiger partial charge in [0.1, 0.15) is 11.9 Å². The number of nitrogens with one attached hydrogen (secondary N) is 1. The minimum atomic E-state index is -0.326. The van der Waals surface area contributed by atoms with Crippen LogP contribution in [0.15, 0.2) is 22.7 Å². The Morgan fingerprint density at radius 3 is 2.87 bits per heavy atom. The van der Waals surface area contributed by atoms with Crippen LogP contribution < -0.4 is 5.32 Å². The molecule has 1 aromatic carbocycles. The number of nitriles is 1. The summed E-state index contributed by atoms with van der Waals surface area (Å²) in [6, 6.07) is 6.63. The van der Waals surface area contributed by atoms with Crippen LogP contribution in [0.4, 0.5) is 10.1 Å². The Hall–Kier alpha value is -1.08. The maximum atomic E-state index is 13.1. The average molecular weight is 271 g/mol. The Balaban J connectivity index is 2.72. The molecule has 0 radical (unpaired) electrons. The van der Waals surface area contributed by atoms with Crippen LogP contribution in [0.1, 0.15) is 19.8 Å². The minimum Gasteiger partial charge on any atom is -0.370 e. The highest BCUT2D eigenvalue weighted by Crippen LogP contribution is 2.20. The molecule has 0 fully saturated rings. The van der Waals surface area contributed by atoms with Crippen LogP contribution in [0.3, 0.4) is 0 Å². The summed E-state index contributed by atoms with van der Waals surface area (Å²) < 4.78 is 13.6. The van der Waals surface area contributed by atoms with Crippen molar-refractivity contribution in [3.05, 3.63) is 28.5 Å². The van der Waals surface area contributed by atoms with E-state index in [9.17, 15) is 4.39 Å². The van der Waals surface area contributed by atoms with Crippen molar-refractivity contribution in [1.29, 1.82) is 5.26 Å². The first-order chi connectivity index (χ1) is 7.17. The largest absolute Gasteiger partial charge is 0.370 e. The number of halogens is 2. The van der Waals surface area contributed by atoms with Gasteiger partial charge in [0.05, 0.1) is 10.5 Å². The molecular weight excluding hydrogens is 259 g/mol. The molecule has 0 saturated heterocycles. The Bertz CT molecular complexity index is 373. The van der Waals surface area contributed by atoms with Gasteiger partial charge in [-0.3, -0.25) is 0 Å². The Morgan fingerprint density at radius 2 is 2.33 bits per heavy atom. The van der Waals surface area contributed by atoms with E-state index in [1.807, 2.05) is 6.92 Å². The van der Waals surface area contributed by atoms with Crippen molar-refractivity contribution in [2.45, 2.75) is 25.8 Å². The van der Waals surface area contributed by atoms with Gasteiger partial charge in [-0.2, -0.15) is 5.26 Å². The lowest BCUT2D eigenvalue weighted by Crippen LogP contribution is -2.16. The van der Waals surface area contributed by atoms with Crippen LogP contribution >= 0.6 is 15.9 Å². The van der Waals surface area contributed by atoms with Crippen LogP contribution in [0, 0.1) is 17.1 Å². The van der Waals surface area contributed by atoms with Gasteiger partial charge in [0.2, 0.25) is 0 Å². The molecule has 1 unspecified atom stereocenters. The standard InChI is InChI=1S/C11H12BrFN2/c1-2-3-9(7-14)15-8-4-5-10(12)11(13)6-8/h4-6,9,15H,2-3H2,1H3. The highest BCUT2D eigenvalue weighted by atomic mass is 79.9. The molecule has 1 rings (SSSR count). The molecule has 0 aliphatic heterocycles. The second-order valence-electron chi connectivity index (χ2n) is 3.24. The maximum absolute atomic E-state index is 13.1. The van der Waals surface area contributed by atoms with Gasteiger partial charge in [-0.15, -0.1) is 0 Å². The Morgan fingerprint density at radius 1 is 1.60 bits per heavy atom. The molecule has 0 aromatic heterocycles. The van der Waals surface area contributed by atoms with E-state index in [4.69, 9.17) is 5.26 Å². The van der Waals surface area contributed by atoms with E-state index in [0.717, 1.165) is 12.8 Å². The molecule has 80 valence electrons. The van der Waals surface area contributed by atoms with Crippen LogP contribution in [0.5, 0.6) is 0 Å². The number of hydrogen-bond acceptors (Lipinski definition) is 2. The molecule has 0 aliphatic rings. The molecule has 0 aliphatic carbocycles. The molecule has 4 heteroatoms. The van der Waals surface area contributed by atoms with E-state index in [-0.39, 0.29) is 11.9 Å². The molecule has 1 atom stereocenters. The van der Waals surface area contributed by atoms with Gasteiger partial charge in [-0.25, -0.2) is 4.39 Å². The van der Waals surface area contributed by atoms with Crippen molar-refractivity contribution in [3.63, 3.8) is 0 Å². The van der Waals surface area contributed by atoms with Gasteiger partial charge in [0.25, 0.3) is 0 Å². The zero-order valence-corrected chi connectivity index (χ0v) is 10.0. The number of rotatable bonds is 4. The van der Waals surface area contributed by atoms with Gasteiger partial charge >= 0.3 is 0 Å². The van der Waals surface area contributed by atoms with Gasteiger partial charge < -0.3 is 5.32 Å². The fourth-order valence-corrected chi connectivity index (χ4v) is 1.49. The smallest absolute Gasteiger partial charge is 0.139 e. The molecular formula is C11H12BrFN2. The Kier molecular flexibility index (Phi) is 4.57. The first-order valence-electron chi connectivity index (χ1n) is 4.78. The molecule has 0 amide bonds. The van der Waals surface area contributed by atoms with Crippen molar-refractivity contribution in [1.82, 2.24) is 0 Å². The lowest BCUT2D eigenvalue weighted by molar-refractivity contribution is 0.621. The minimum absolute atomic E-state index is 0.254. The van der Waals surface area contributed by atoms with Crippen molar-refractivity contribution >= 4 is 21.6 Å². The van der Waals surface area contributed by atoms with E-state index in [2.05, 4.69) is 27.3 Å². The first-order valence-corrected chi connectivity index (χ1v) is 5.58. The molecule has 2 nitrogen and oxygen atoms in total. The van der Waals surface area contributed by atoms with Gasteiger partial charge in [0, 0.05) is 5.69 Å². The predicted molar refractivity (Wildman–Crippen MR) is 62.0 cm³/mol. The first kappa shape index (κ1) is 12.0. The fraction of sp³-hybridized carbons (Fsp3) is 0.364. The summed E-state index contributed by atoms with van der Waals surface area (Å²) in [5, 5.41) is 11.8. The normalized spacial score (nSPS) is 11.9. The van der Waals surface area contributed by atoms with Crippen LogP contribution in [-0.2, 0) is 0 Å². The van der Waals surface area contributed by atoms with E-state index in [0.29, 0.717) is 10.2 Å². The fourth-order valence-electron chi connectivity index (χ4n) is 1.24. The molecule has 0 heterocycles. The third-order valence-corrected chi connectivity index (χ3v) is 2.64. The SMILES string of the molecule is CCCC(C#N)Nc1ccc(Br)c(F)c1. The molecule has 0 bridgehead atoms. The lowest BCUT2D eigenvalue weighted by atomic mass is 10.2. The molecule has 1 aromatic rings. The van der Waals surface area contributed by atoms with Crippen molar-refractivity contribution in [2.75, 3.05) is 5.32 Å². The number of benzene rings is 1. The van der Waals surface area contributed by atoms with Crippen LogP contribution in [0.25, 0.3) is 0 Å². The lowest BCUT2D eigenvalue weighted by Gasteiger charge is -2.11. The Labute approximate surface area is 97.2 Å². The second kappa shape index (κ2) is 5.72. The highest BCUT2D eigenvalue weighted by Gasteiger charge is 2.07. The quantitative estimate of drug-likeness (QED) is 0.906. The topological polar surface area (TPSA) is 35.8 Å². The van der Waals surface area contributed by atoms with E-state index in [1.54, 1.807) is 12.1 Å². The van der Waals surface area contributed by atoms with Crippen LogP contribution in [0.2, 0.25) is 0 Å². The zero-order valence-electron chi connectivity index (χ0n) is 8.43. The number of anilines is 1. The van der Waals surface area contributed by atoms with Crippen molar-refractivity contribution < 1.29 is 4.39 Å². The summed E-state index contributed by atoms with van der Waals surface area (Å²) in [6.45, 7) is 2.01. The summed E-state index contributed by atoms with van der Waals surface area (Å²) >= 11 is 3.08. The summed E-state index contributed by atoms with van der Waals surface area (Å²) in [5.74, 6) is -0.326.